The van der Waals surface area contributed by atoms with Crippen molar-refractivity contribution in [3.8, 4) is 0 Å². The fraction of sp³-hybridized carbons (Fsp3) is 0.0870. The summed E-state index contributed by atoms with van der Waals surface area (Å²) in [5.41, 5.74) is 0.333. The Hall–Kier alpha value is -3.71. The highest BCUT2D eigenvalue weighted by atomic mass is 35.5. The Morgan fingerprint density at radius 2 is 1.68 bits per heavy atom. The largest absolute Gasteiger partial charge is 0.332 e. The van der Waals surface area contributed by atoms with Crippen molar-refractivity contribution in [1.29, 1.82) is 0 Å². The lowest BCUT2D eigenvalue weighted by atomic mass is 10.2. The van der Waals surface area contributed by atoms with E-state index >= 15 is 0 Å². The molecular weight excluding hydrogens is 421 g/mol. The van der Waals surface area contributed by atoms with Crippen LogP contribution in [0.25, 0.3) is 10.9 Å². The van der Waals surface area contributed by atoms with Crippen molar-refractivity contribution in [1.82, 2.24) is 9.13 Å². The molecule has 4 rings (SSSR count). The van der Waals surface area contributed by atoms with Crippen LogP contribution in [0.15, 0.2) is 82.4 Å². The van der Waals surface area contributed by atoms with Crippen LogP contribution in [0, 0.1) is 5.82 Å². The molecule has 1 heterocycles. The third-order valence-corrected chi connectivity index (χ3v) is 5.03. The van der Waals surface area contributed by atoms with Gasteiger partial charge >= 0.3 is 5.69 Å². The normalized spacial score (nSPS) is 10.9. The topological polar surface area (TPSA) is 73.1 Å². The third-order valence-electron chi connectivity index (χ3n) is 4.80. The first kappa shape index (κ1) is 20.6. The number of carbonyl (C=O) groups excluding carboxylic acids is 1. The zero-order chi connectivity index (χ0) is 22.0. The predicted molar refractivity (Wildman–Crippen MR) is 118 cm³/mol. The molecule has 0 unspecified atom stereocenters. The van der Waals surface area contributed by atoms with E-state index in [4.69, 9.17) is 11.6 Å². The summed E-state index contributed by atoms with van der Waals surface area (Å²) in [5, 5.41) is 3.47. The number of hydrogen-bond acceptors (Lipinski definition) is 3. The second kappa shape index (κ2) is 8.57. The SMILES string of the molecule is O=C(Cn1c(=O)n(Cc2ccc(F)cc2)c(=O)c2ccccc21)Nc1cccc(Cl)c1. The molecule has 0 spiro atoms. The van der Waals surface area contributed by atoms with Crippen LogP contribution in [0.1, 0.15) is 5.56 Å². The molecule has 4 aromatic rings. The maximum absolute atomic E-state index is 13.2. The number of nitrogens with one attached hydrogen (secondary N) is 1. The molecule has 8 heteroatoms. The maximum atomic E-state index is 13.2. The molecule has 0 atom stereocenters. The average molecular weight is 438 g/mol. The summed E-state index contributed by atoms with van der Waals surface area (Å²) < 4.78 is 15.5. The van der Waals surface area contributed by atoms with Crippen LogP contribution in [0.2, 0.25) is 5.02 Å². The molecule has 6 nitrogen and oxygen atoms in total. The van der Waals surface area contributed by atoms with Gasteiger partial charge in [0.1, 0.15) is 12.4 Å². The first-order valence-corrected chi connectivity index (χ1v) is 9.82. The number of hydrogen-bond donors (Lipinski definition) is 1. The van der Waals surface area contributed by atoms with Gasteiger partial charge in [0.25, 0.3) is 5.56 Å². The molecule has 156 valence electrons. The lowest BCUT2D eigenvalue weighted by molar-refractivity contribution is -0.116. The van der Waals surface area contributed by atoms with E-state index in [0.717, 1.165) is 4.57 Å². The van der Waals surface area contributed by atoms with Crippen molar-refractivity contribution in [2.75, 3.05) is 5.32 Å². The number of rotatable bonds is 5. The number of anilines is 1. The van der Waals surface area contributed by atoms with E-state index in [1.54, 1.807) is 48.5 Å². The number of aromatic nitrogens is 2. The van der Waals surface area contributed by atoms with E-state index in [1.165, 1.54) is 28.8 Å². The number of fused-ring (bicyclic) bond motifs is 1. The first-order valence-electron chi connectivity index (χ1n) is 9.44. The standard InChI is InChI=1S/C23H17ClFN3O3/c24-16-4-3-5-18(12-16)26-21(29)14-27-20-7-2-1-6-19(20)22(30)28(23(27)31)13-15-8-10-17(25)11-9-15/h1-12H,13-14H2,(H,26,29). The minimum Gasteiger partial charge on any atom is -0.324 e. The van der Waals surface area contributed by atoms with Crippen LogP contribution < -0.4 is 16.6 Å². The molecule has 1 amide bonds. The molecule has 0 bridgehead atoms. The lowest BCUT2D eigenvalue weighted by Gasteiger charge is -2.14. The second-order valence-electron chi connectivity index (χ2n) is 6.96. The number of benzene rings is 3. The van der Waals surface area contributed by atoms with Crippen LogP contribution >= 0.6 is 11.6 Å². The Kier molecular flexibility index (Phi) is 5.68. The van der Waals surface area contributed by atoms with Crippen LogP contribution in [0.4, 0.5) is 10.1 Å². The second-order valence-corrected chi connectivity index (χ2v) is 7.40. The number of nitrogens with zero attached hydrogens (tertiary/aromatic N) is 2. The molecule has 0 saturated carbocycles. The zero-order valence-corrected chi connectivity index (χ0v) is 17.0. The summed E-state index contributed by atoms with van der Waals surface area (Å²) in [7, 11) is 0. The van der Waals surface area contributed by atoms with E-state index in [1.807, 2.05) is 0 Å². The molecule has 0 aliphatic carbocycles. The van der Waals surface area contributed by atoms with E-state index in [9.17, 15) is 18.8 Å². The monoisotopic (exact) mass is 437 g/mol. The molecule has 1 N–H and O–H groups in total. The van der Waals surface area contributed by atoms with Gasteiger partial charge in [0.05, 0.1) is 17.4 Å². The molecule has 0 saturated heterocycles. The number of para-hydroxylation sites is 1. The highest BCUT2D eigenvalue weighted by Gasteiger charge is 2.16. The van der Waals surface area contributed by atoms with Crippen LogP contribution in [-0.4, -0.2) is 15.0 Å². The highest BCUT2D eigenvalue weighted by Crippen LogP contribution is 2.15. The molecular formula is C23H17ClFN3O3. The fourth-order valence-electron chi connectivity index (χ4n) is 3.35. The molecule has 0 fully saturated rings. The van der Waals surface area contributed by atoms with Crippen molar-refractivity contribution >= 4 is 34.1 Å². The van der Waals surface area contributed by atoms with Gasteiger partial charge in [0.2, 0.25) is 5.91 Å². The number of halogens is 2. The summed E-state index contributed by atoms with van der Waals surface area (Å²) in [4.78, 5) is 38.8. The Balaban J connectivity index is 1.75. The van der Waals surface area contributed by atoms with Gasteiger partial charge in [0.15, 0.2) is 0 Å². The number of carbonyl (C=O) groups is 1. The van der Waals surface area contributed by atoms with Crippen molar-refractivity contribution in [2.24, 2.45) is 0 Å². The number of amides is 1. The molecule has 3 aromatic carbocycles. The average Bonchev–Trinajstić information content (AvgIpc) is 2.75. The first-order chi connectivity index (χ1) is 14.9. The quantitative estimate of drug-likeness (QED) is 0.518. The van der Waals surface area contributed by atoms with Crippen molar-refractivity contribution in [3.05, 3.63) is 110 Å². The lowest BCUT2D eigenvalue weighted by Crippen LogP contribution is -2.42. The van der Waals surface area contributed by atoms with E-state index in [2.05, 4.69) is 5.32 Å². The van der Waals surface area contributed by atoms with Crippen molar-refractivity contribution in [3.63, 3.8) is 0 Å². The molecule has 1 aromatic heterocycles. The van der Waals surface area contributed by atoms with Gasteiger partial charge in [-0.2, -0.15) is 0 Å². The minimum absolute atomic E-state index is 0.0430. The highest BCUT2D eigenvalue weighted by molar-refractivity contribution is 6.30. The molecule has 31 heavy (non-hydrogen) atoms. The minimum atomic E-state index is -0.630. The van der Waals surface area contributed by atoms with Gasteiger partial charge in [-0.15, -0.1) is 0 Å². The summed E-state index contributed by atoms with van der Waals surface area (Å²) in [6.45, 7) is -0.339. The van der Waals surface area contributed by atoms with E-state index < -0.39 is 23.0 Å². The predicted octanol–water partition coefficient (Wildman–Crippen LogP) is 3.64. The van der Waals surface area contributed by atoms with Crippen LogP contribution in [0.3, 0.4) is 0 Å². The van der Waals surface area contributed by atoms with Crippen LogP contribution in [0.5, 0.6) is 0 Å². The van der Waals surface area contributed by atoms with Crippen LogP contribution in [-0.2, 0) is 17.9 Å². The summed E-state index contributed by atoms with van der Waals surface area (Å²) in [6.07, 6.45) is 0. The maximum Gasteiger partial charge on any atom is 0.332 e. The summed E-state index contributed by atoms with van der Waals surface area (Å²) in [6, 6.07) is 18.8. The molecule has 0 radical (unpaired) electrons. The van der Waals surface area contributed by atoms with Crippen molar-refractivity contribution in [2.45, 2.75) is 13.1 Å². The van der Waals surface area contributed by atoms with E-state index in [0.29, 0.717) is 27.2 Å². The Bertz CT molecular complexity index is 1390. The summed E-state index contributed by atoms with van der Waals surface area (Å²) in [5.74, 6) is -0.855. The zero-order valence-electron chi connectivity index (χ0n) is 16.2. The van der Waals surface area contributed by atoms with Crippen molar-refractivity contribution < 1.29 is 9.18 Å². The van der Waals surface area contributed by atoms with Gasteiger partial charge < -0.3 is 5.32 Å². The van der Waals surface area contributed by atoms with Gasteiger partial charge in [-0.05, 0) is 48.0 Å². The summed E-state index contributed by atoms with van der Waals surface area (Å²) >= 11 is 5.95. The third kappa shape index (κ3) is 4.41. The molecule has 0 aliphatic rings. The van der Waals surface area contributed by atoms with E-state index in [-0.39, 0.29) is 13.1 Å². The Morgan fingerprint density at radius 1 is 0.935 bits per heavy atom. The fourth-order valence-corrected chi connectivity index (χ4v) is 3.54. The van der Waals surface area contributed by atoms with Gasteiger partial charge in [-0.3, -0.25) is 18.7 Å². The Labute approximate surface area is 181 Å². The Morgan fingerprint density at radius 3 is 2.42 bits per heavy atom. The van der Waals surface area contributed by atoms with Gasteiger partial charge in [-0.1, -0.05) is 41.9 Å². The van der Waals surface area contributed by atoms with Gasteiger partial charge in [0, 0.05) is 10.7 Å². The molecule has 0 aliphatic heterocycles. The van der Waals surface area contributed by atoms with Gasteiger partial charge in [-0.25, -0.2) is 9.18 Å². The smallest absolute Gasteiger partial charge is 0.324 e.